The average Bonchev–Trinajstić information content (AvgIpc) is 3.23. The third-order valence-electron chi connectivity index (χ3n) is 5.00. The number of hydrogen-bond donors (Lipinski definition) is 0. The van der Waals surface area contributed by atoms with Gasteiger partial charge in [0.05, 0.1) is 11.0 Å². The van der Waals surface area contributed by atoms with Gasteiger partial charge in [0.25, 0.3) is 0 Å². The fourth-order valence-electron chi connectivity index (χ4n) is 3.67. The molecule has 3 heterocycles. The van der Waals surface area contributed by atoms with Gasteiger partial charge in [-0.1, -0.05) is 30.3 Å². The molecule has 1 fully saturated rings. The number of hydrogen-bond acceptors (Lipinski definition) is 4. The van der Waals surface area contributed by atoms with Crippen LogP contribution < -0.4 is 4.90 Å². The van der Waals surface area contributed by atoms with Crippen LogP contribution >= 0.6 is 11.3 Å². The highest BCUT2D eigenvalue weighted by molar-refractivity contribution is 7.15. The van der Waals surface area contributed by atoms with Crippen molar-refractivity contribution in [2.75, 3.05) is 31.1 Å². The molecule has 0 aliphatic carbocycles. The van der Waals surface area contributed by atoms with Gasteiger partial charge < -0.3 is 4.90 Å². The molecule has 0 bridgehead atoms. The Labute approximate surface area is 150 Å². The van der Waals surface area contributed by atoms with Crippen LogP contribution in [-0.2, 0) is 6.54 Å². The molecule has 4 aromatic rings. The maximum Gasteiger partial charge on any atom is 0.194 e. The first-order valence-electron chi connectivity index (χ1n) is 8.74. The van der Waals surface area contributed by atoms with Gasteiger partial charge in [0.2, 0.25) is 0 Å². The maximum atomic E-state index is 4.74. The highest BCUT2D eigenvalue weighted by Gasteiger charge is 2.19. The van der Waals surface area contributed by atoms with Crippen LogP contribution in [0.3, 0.4) is 0 Å². The molecule has 25 heavy (non-hydrogen) atoms. The molecular formula is C20H20N4S. The predicted molar refractivity (Wildman–Crippen MR) is 105 cm³/mol. The lowest BCUT2D eigenvalue weighted by molar-refractivity contribution is 0.247. The fourth-order valence-corrected chi connectivity index (χ4v) is 4.57. The molecule has 0 amide bonds. The van der Waals surface area contributed by atoms with Gasteiger partial charge in [0.15, 0.2) is 4.96 Å². The number of anilines is 1. The number of imidazole rings is 1. The first-order valence-corrected chi connectivity index (χ1v) is 9.62. The Kier molecular flexibility index (Phi) is 3.68. The molecule has 1 aliphatic rings. The van der Waals surface area contributed by atoms with E-state index >= 15 is 0 Å². The van der Waals surface area contributed by atoms with Crippen molar-refractivity contribution in [3.05, 3.63) is 65.7 Å². The van der Waals surface area contributed by atoms with E-state index in [0.717, 1.165) is 43.2 Å². The van der Waals surface area contributed by atoms with E-state index in [4.69, 9.17) is 4.98 Å². The number of para-hydroxylation sites is 3. The van der Waals surface area contributed by atoms with Gasteiger partial charge in [-0.15, -0.1) is 11.3 Å². The van der Waals surface area contributed by atoms with Gasteiger partial charge in [-0.3, -0.25) is 9.30 Å². The van der Waals surface area contributed by atoms with E-state index in [1.54, 1.807) is 11.3 Å². The minimum absolute atomic E-state index is 0.989. The number of aromatic nitrogens is 2. The van der Waals surface area contributed by atoms with Gasteiger partial charge in [-0.2, -0.15) is 0 Å². The molecule has 2 aromatic carbocycles. The summed E-state index contributed by atoms with van der Waals surface area (Å²) < 4.78 is 2.32. The Morgan fingerprint density at radius 3 is 2.48 bits per heavy atom. The quantitative estimate of drug-likeness (QED) is 0.561. The van der Waals surface area contributed by atoms with Gasteiger partial charge in [-0.25, -0.2) is 4.98 Å². The molecule has 1 aliphatic heterocycles. The molecule has 0 N–H and O–H groups in total. The number of benzene rings is 2. The van der Waals surface area contributed by atoms with Crippen molar-refractivity contribution in [1.82, 2.24) is 14.3 Å². The first kappa shape index (κ1) is 14.9. The van der Waals surface area contributed by atoms with Crippen LogP contribution in [0, 0.1) is 0 Å². The topological polar surface area (TPSA) is 23.8 Å². The lowest BCUT2D eigenvalue weighted by Crippen LogP contribution is -2.46. The van der Waals surface area contributed by atoms with Crippen LogP contribution in [-0.4, -0.2) is 40.5 Å². The van der Waals surface area contributed by atoms with Crippen LogP contribution in [0.4, 0.5) is 5.69 Å². The normalized spacial score (nSPS) is 16.1. The summed E-state index contributed by atoms with van der Waals surface area (Å²) in [6, 6.07) is 19.1. The van der Waals surface area contributed by atoms with Crippen molar-refractivity contribution >= 4 is 33.0 Å². The fraction of sp³-hybridized carbons (Fsp3) is 0.250. The Morgan fingerprint density at radius 1 is 0.880 bits per heavy atom. The van der Waals surface area contributed by atoms with Gasteiger partial charge in [-0.05, 0) is 24.3 Å². The minimum atomic E-state index is 0.989. The molecule has 5 rings (SSSR count). The molecule has 0 spiro atoms. The van der Waals surface area contributed by atoms with Crippen LogP contribution in [0.5, 0.6) is 0 Å². The average molecular weight is 348 g/mol. The molecule has 0 unspecified atom stereocenters. The lowest BCUT2D eigenvalue weighted by Gasteiger charge is -2.36. The van der Waals surface area contributed by atoms with Gasteiger partial charge in [0, 0.05) is 49.5 Å². The Morgan fingerprint density at radius 2 is 1.64 bits per heavy atom. The monoisotopic (exact) mass is 348 g/mol. The number of piperazine rings is 1. The van der Waals surface area contributed by atoms with Crippen molar-refractivity contribution in [3.8, 4) is 0 Å². The molecule has 2 aromatic heterocycles. The maximum absolute atomic E-state index is 4.74. The summed E-state index contributed by atoms with van der Waals surface area (Å²) in [6.07, 6.45) is 0. The van der Waals surface area contributed by atoms with Gasteiger partial charge >= 0.3 is 0 Å². The van der Waals surface area contributed by atoms with Crippen LogP contribution in [0.2, 0.25) is 0 Å². The first-order chi connectivity index (χ1) is 12.4. The molecule has 5 heteroatoms. The van der Waals surface area contributed by atoms with Gasteiger partial charge in [0.1, 0.15) is 0 Å². The highest BCUT2D eigenvalue weighted by Crippen LogP contribution is 2.25. The van der Waals surface area contributed by atoms with Crippen LogP contribution in [0.25, 0.3) is 16.0 Å². The van der Waals surface area contributed by atoms with Crippen molar-refractivity contribution in [2.24, 2.45) is 0 Å². The van der Waals surface area contributed by atoms with Crippen LogP contribution in [0.15, 0.2) is 60.0 Å². The standard InChI is InChI=1S/C20H20N4S/c1-2-6-16(7-3-1)23-12-10-22(11-13-23)14-17-15-25-20-21-18-8-4-5-9-19(18)24(17)20/h1-9,15H,10-14H2. The summed E-state index contributed by atoms with van der Waals surface area (Å²) in [7, 11) is 0. The molecule has 126 valence electrons. The number of nitrogens with zero attached hydrogens (tertiary/aromatic N) is 4. The van der Waals surface area contributed by atoms with E-state index in [1.807, 2.05) is 0 Å². The van der Waals surface area contributed by atoms with Crippen molar-refractivity contribution in [2.45, 2.75) is 6.54 Å². The molecule has 0 saturated carbocycles. The van der Waals surface area contributed by atoms with E-state index in [-0.39, 0.29) is 0 Å². The molecule has 1 saturated heterocycles. The lowest BCUT2D eigenvalue weighted by atomic mass is 10.2. The highest BCUT2D eigenvalue weighted by atomic mass is 32.1. The summed E-state index contributed by atoms with van der Waals surface area (Å²) in [5.41, 5.74) is 4.99. The third-order valence-corrected chi connectivity index (χ3v) is 5.87. The van der Waals surface area contributed by atoms with Crippen molar-refractivity contribution < 1.29 is 0 Å². The Balaban J connectivity index is 1.34. The largest absolute Gasteiger partial charge is 0.369 e. The summed E-state index contributed by atoms with van der Waals surface area (Å²) in [5, 5.41) is 2.26. The zero-order valence-electron chi connectivity index (χ0n) is 14.0. The second kappa shape index (κ2) is 6.17. The van der Waals surface area contributed by atoms with E-state index in [0.29, 0.717) is 0 Å². The third kappa shape index (κ3) is 2.69. The SMILES string of the molecule is c1ccc(N2CCN(Cc3csc4nc5ccccc5n34)CC2)cc1. The van der Waals surface area contributed by atoms with E-state index in [2.05, 4.69) is 74.2 Å². The smallest absolute Gasteiger partial charge is 0.194 e. The molecular weight excluding hydrogens is 328 g/mol. The van der Waals surface area contributed by atoms with E-state index in [1.165, 1.54) is 16.9 Å². The number of rotatable bonds is 3. The summed E-state index contributed by atoms with van der Waals surface area (Å²) in [4.78, 5) is 10.9. The second-order valence-corrected chi connectivity index (χ2v) is 7.38. The molecule has 0 atom stereocenters. The number of fused-ring (bicyclic) bond motifs is 3. The predicted octanol–water partition coefficient (Wildman–Crippen LogP) is 3.87. The molecule has 0 radical (unpaired) electrons. The van der Waals surface area contributed by atoms with Crippen molar-refractivity contribution in [1.29, 1.82) is 0 Å². The Hall–Kier alpha value is -2.37. The minimum Gasteiger partial charge on any atom is -0.369 e. The zero-order valence-corrected chi connectivity index (χ0v) is 14.8. The second-order valence-electron chi connectivity index (χ2n) is 6.54. The van der Waals surface area contributed by atoms with Crippen LogP contribution in [0.1, 0.15) is 5.69 Å². The number of thiazole rings is 1. The van der Waals surface area contributed by atoms with E-state index in [9.17, 15) is 0 Å². The Bertz CT molecular complexity index is 996. The zero-order chi connectivity index (χ0) is 16.6. The molecule has 4 nitrogen and oxygen atoms in total. The van der Waals surface area contributed by atoms with E-state index < -0.39 is 0 Å². The van der Waals surface area contributed by atoms with Crippen molar-refractivity contribution in [3.63, 3.8) is 0 Å². The summed E-state index contributed by atoms with van der Waals surface area (Å²) >= 11 is 1.74. The summed E-state index contributed by atoms with van der Waals surface area (Å²) in [5.74, 6) is 0. The summed E-state index contributed by atoms with van der Waals surface area (Å²) in [6.45, 7) is 5.35.